The summed E-state index contributed by atoms with van der Waals surface area (Å²) in [5.41, 5.74) is -0.654. The van der Waals surface area contributed by atoms with E-state index in [2.05, 4.69) is 11.9 Å². The molecule has 7 heteroatoms. The van der Waals surface area contributed by atoms with Gasteiger partial charge in [0.15, 0.2) is 0 Å². The number of halogens is 4. The Morgan fingerprint density at radius 1 is 1.45 bits per heavy atom. The molecule has 0 atom stereocenters. The SMILES string of the molecule is C=C(CNc1cc(C(F)(F)F)ccc1Cl)C(=O)OCC. The van der Waals surface area contributed by atoms with Crippen molar-refractivity contribution in [3.63, 3.8) is 0 Å². The summed E-state index contributed by atoms with van der Waals surface area (Å²) < 4.78 is 42.4. The maximum absolute atomic E-state index is 12.6. The van der Waals surface area contributed by atoms with Crippen molar-refractivity contribution in [2.24, 2.45) is 0 Å². The molecule has 0 radical (unpaired) electrons. The van der Waals surface area contributed by atoms with Crippen molar-refractivity contribution in [3.05, 3.63) is 40.9 Å². The number of carbonyl (C=O) groups is 1. The molecule has 3 nitrogen and oxygen atoms in total. The van der Waals surface area contributed by atoms with Crippen LogP contribution in [0.4, 0.5) is 18.9 Å². The van der Waals surface area contributed by atoms with Gasteiger partial charge in [-0.15, -0.1) is 0 Å². The number of benzene rings is 1. The van der Waals surface area contributed by atoms with E-state index in [1.807, 2.05) is 0 Å². The van der Waals surface area contributed by atoms with Crippen molar-refractivity contribution in [1.29, 1.82) is 0 Å². The zero-order valence-corrected chi connectivity index (χ0v) is 11.4. The number of hydrogen-bond donors (Lipinski definition) is 1. The quantitative estimate of drug-likeness (QED) is 0.662. The molecule has 1 N–H and O–H groups in total. The van der Waals surface area contributed by atoms with Crippen molar-refractivity contribution < 1.29 is 22.7 Å². The Labute approximate surface area is 119 Å². The molecule has 1 aromatic carbocycles. The highest BCUT2D eigenvalue weighted by atomic mass is 35.5. The number of ether oxygens (including phenoxy) is 1. The van der Waals surface area contributed by atoms with Gasteiger partial charge in [0.25, 0.3) is 0 Å². The predicted molar refractivity (Wildman–Crippen MR) is 70.7 cm³/mol. The van der Waals surface area contributed by atoms with E-state index < -0.39 is 17.7 Å². The van der Waals surface area contributed by atoms with Crippen molar-refractivity contribution >= 4 is 23.3 Å². The highest BCUT2D eigenvalue weighted by Gasteiger charge is 2.30. The van der Waals surface area contributed by atoms with Crippen LogP contribution in [0.25, 0.3) is 0 Å². The summed E-state index contributed by atoms with van der Waals surface area (Å²) in [5, 5.41) is 2.75. The van der Waals surface area contributed by atoms with Crippen LogP contribution in [-0.4, -0.2) is 19.1 Å². The molecular weight excluding hydrogens is 295 g/mol. The van der Waals surface area contributed by atoms with Gasteiger partial charge in [-0.3, -0.25) is 0 Å². The van der Waals surface area contributed by atoms with Crippen LogP contribution >= 0.6 is 11.6 Å². The molecule has 20 heavy (non-hydrogen) atoms. The molecule has 0 heterocycles. The number of alkyl halides is 3. The molecule has 0 spiro atoms. The van der Waals surface area contributed by atoms with Crippen LogP contribution in [0.2, 0.25) is 5.02 Å². The summed E-state index contributed by atoms with van der Waals surface area (Å²) in [6.45, 7) is 5.27. The second kappa shape index (κ2) is 6.65. The van der Waals surface area contributed by atoms with Gasteiger partial charge < -0.3 is 10.1 Å². The summed E-state index contributed by atoms with van der Waals surface area (Å²) in [4.78, 5) is 11.3. The second-order valence-electron chi connectivity index (χ2n) is 3.87. The minimum atomic E-state index is -4.46. The largest absolute Gasteiger partial charge is 0.463 e. The molecule has 0 aliphatic carbocycles. The van der Waals surface area contributed by atoms with Crippen molar-refractivity contribution in [1.82, 2.24) is 0 Å². The zero-order valence-electron chi connectivity index (χ0n) is 10.7. The summed E-state index contributed by atoms with van der Waals surface area (Å²) in [5.74, 6) is -0.608. The zero-order chi connectivity index (χ0) is 15.3. The van der Waals surface area contributed by atoms with Gasteiger partial charge in [-0.25, -0.2) is 4.79 Å². The lowest BCUT2D eigenvalue weighted by molar-refractivity contribution is -0.139. The third-order valence-corrected chi connectivity index (χ3v) is 2.68. The van der Waals surface area contributed by atoms with E-state index >= 15 is 0 Å². The highest BCUT2D eigenvalue weighted by Crippen LogP contribution is 2.33. The van der Waals surface area contributed by atoms with Gasteiger partial charge in [-0.1, -0.05) is 18.2 Å². The Bertz CT molecular complexity index is 515. The van der Waals surface area contributed by atoms with Gasteiger partial charge in [0.05, 0.1) is 22.9 Å². The Kier molecular flexibility index (Phi) is 5.44. The highest BCUT2D eigenvalue weighted by molar-refractivity contribution is 6.33. The normalized spacial score (nSPS) is 11.1. The van der Waals surface area contributed by atoms with Crippen LogP contribution in [0, 0.1) is 0 Å². The van der Waals surface area contributed by atoms with Gasteiger partial charge in [-0.2, -0.15) is 13.2 Å². The lowest BCUT2D eigenvalue weighted by Gasteiger charge is -2.13. The Morgan fingerprint density at radius 3 is 2.65 bits per heavy atom. The lowest BCUT2D eigenvalue weighted by atomic mass is 10.2. The molecular formula is C13H13ClF3NO2. The van der Waals surface area contributed by atoms with E-state index in [1.165, 1.54) is 0 Å². The van der Waals surface area contributed by atoms with Gasteiger partial charge in [-0.05, 0) is 25.1 Å². The van der Waals surface area contributed by atoms with Crippen LogP contribution in [0.1, 0.15) is 12.5 Å². The Balaban J connectivity index is 2.78. The first kappa shape index (κ1) is 16.4. The summed E-state index contributed by atoms with van der Waals surface area (Å²) in [6, 6.07) is 2.90. The van der Waals surface area contributed by atoms with E-state index in [-0.39, 0.29) is 29.4 Å². The Morgan fingerprint density at radius 2 is 2.10 bits per heavy atom. The van der Waals surface area contributed by atoms with Gasteiger partial charge >= 0.3 is 12.1 Å². The molecule has 0 aromatic heterocycles. The molecule has 0 fully saturated rings. The fourth-order valence-corrected chi connectivity index (χ4v) is 1.53. The monoisotopic (exact) mass is 307 g/mol. The molecule has 0 aliphatic heterocycles. The van der Waals surface area contributed by atoms with Crippen LogP contribution in [0.5, 0.6) is 0 Å². The summed E-state index contributed by atoms with van der Waals surface area (Å²) in [7, 11) is 0. The maximum Gasteiger partial charge on any atom is 0.416 e. The van der Waals surface area contributed by atoms with Crippen LogP contribution in [-0.2, 0) is 15.7 Å². The maximum atomic E-state index is 12.6. The number of rotatable bonds is 5. The molecule has 1 aromatic rings. The molecule has 0 aliphatic rings. The van der Waals surface area contributed by atoms with Crippen LogP contribution < -0.4 is 5.32 Å². The van der Waals surface area contributed by atoms with Crippen molar-refractivity contribution in [2.75, 3.05) is 18.5 Å². The third kappa shape index (κ3) is 4.45. The summed E-state index contributed by atoms with van der Waals surface area (Å²) >= 11 is 5.79. The van der Waals surface area contributed by atoms with Crippen LogP contribution in [0.15, 0.2) is 30.4 Å². The smallest absolute Gasteiger partial charge is 0.416 e. The first-order valence-electron chi connectivity index (χ1n) is 5.71. The first-order chi connectivity index (χ1) is 9.25. The van der Waals surface area contributed by atoms with E-state index in [0.717, 1.165) is 18.2 Å². The van der Waals surface area contributed by atoms with E-state index in [9.17, 15) is 18.0 Å². The van der Waals surface area contributed by atoms with Gasteiger partial charge in [0, 0.05) is 12.1 Å². The minimum Gasteiger partial charge on any atom is -0.463 e. The fourth-order valence-electron chi connectivity index (χ4n) is 1.34. The molecule has 1 rings (SSSR count). The lowest BCUT2D eigenvalue weighted by Crippen LogP contribution is -2.15. The van der Waals surface area contributed by atoms with Crippen molar-refractivity contribution in [2.45, 2.75) is 13.1 Å². The average Bonchev–Trinajstić information content (AvgIpc) is 2.36. The Hall–Kier alpha value is -1.69. The molecule has 0 saturated carbocycles. The minimum absolute atomic E-state index is 0.0557. The first-order valence-corrected chi connectivity index (χ1v) is 6.09. The topological polar surface area (TPSA) is 38.3 Å². The number of nitrogens with one attached hydrogen (secondary N) is 1. The molecule has 110 valence electrons. The van der Waals surface area contributed by atoms with E-state index in [1.54, 1.807) is 6.92 Å². The molecule has 0 unspecified atom stereocenters. The van der Waals surface area contributed by atoms with E-state index in [4.69, 9.17) is 16.3 Å². The number of anilines is 1. The van der Waals surface area contributed by atoms with Gasteiger partial charge in [0.2, 0.25) is 0 Å². The molecule has 0 bridgehead atoms. The average molecular weight is 308 g/mol. The molecule has 0 amide bonds. The number of hydrogen-bond acceptors (Lipinski definition) is 3. The number of carbonyl (C=O) groups excluding carboxylic acids is 1. The standard InChI is InChI=1S/C13H13ClF3NO2/c1-3-20-12(19)8(2)7-18-11-6-9(13(15,16)17)4-5-10(11)14/h4-6,18H,2-3,7H2,1H3. The second-order valence-corrected chi connectivity index (χ2v) is 4.28. The van der Waals surface area contributed by atoms with Gasteiger partial charge in [0.1, 0.15) is 0 Å². The summed E-state index contributed by atoms with van der Waals surface area (Å²) in [6.07, 6.45) is -4.46. The fraction of sp³-hybridized carbons (Fsp3) is 0.308. The number of esters is 1. The van der Waals surface area contributed by atoms with E-state index in [0.29, 0.717) is 0 Å². The third-order valence-electron chi connectivity index (χ3n) is 2.35. The molecule has 0 saturated heterocycles. The van der Waals surface area contributed by atoms with Crippen molar-refractivity contribution in [3.8, 4) is 0 Å². The predicted octanol–water partition coefficient (Wildman–Crippen LogP) is 3.89. The van der Waals surface area contributed by atoms with Crippen LogP contribution in [0.3, 0.4) is 0 Å².